The molecule has 1 aromatic carbocycles. The van der Waals surface area contributed by atoms with Crippen LogP contribution >= 0.6 is 11.6 Å². The maximum absolute atomic E-state index is 5.89. The first kappa shape index (κ1) is 14.5. The molecule has 1 heterocycles. The molecule has 2 rings (SSSR count). The Morgan fingerprint density at radius 2 is 1.90 bits per heavy atom. The summed E-state index contributed by atoms with van der Waals surface area (Å²) >= 11 is 5.89. The number of anilines is 3. The van der Waals surface area contributed by atoms with Crippen molar-refractivity contribution in [1.82, 2.24) is 15.0 Å². The van der Waals surface area contributed by atoms with Crippen LogP contribution in [0.15, 0.2) is 24.3 Å². The van der Waals surface area contributed by atoms with Crippen LogP contribution in [0.3, 0.4) is 0 Å². The van der Waals surface area contributed by atoms with Crippen molar-refractivity contribution in [2.75, 3.05) is 24.3 Å². The SMILES string of the molecule is CCNc1nc(Cl)nc(Nc2ccccc2COC)n1. The van der Waals surface area contributed by atoms with Crippen LogP contribution in [0.2, 0.25) is 5.28 Å². The van der Waals surface area contributed by atoms with E-state index in [1.165, 1.54) is 0 Å². The van der Waals surface area contributed by atoms with E-state index in [0.717, 1.165) is 11.3 Å². The number of nitrogens with zero attached hydrogens (tertiary/aromatic N) is 3. The molecular weight excluding hydrogens is 278 g/mol. The second-order valence-electron chi connectivity index (χ2n) is 4.00. The molecule has 0 aliphatic rings. The van der Waals surface area contributed by atoms with Crippen molar-refractivity contribution in [2.45, 2.75) is 13.5 Å². The maximum atomic E-state index is 5.89. The van der Waals surface area contributed by atoms with E-state index in [1.807, 2.05) is 31.2 Å². The second-order valence-corrected chi connectivity index (χ2v) is 4.34. The van der Waals surface area contributed by atoms with Gasteiger partial charge in [0.15, 0.2) is 0 Å². The smallest absolute Gasteiger partial charge is 0.233 e. The number of methoxy groups -OCH3 is 1. The molecule has 106 valence electrons. The van der Waals surface area contributed by atoms with E-state index in [4.69, 9.17) is 16.3 Å². The van der Waals surface area contributed by atoms with Crippen LogP contribution in [0, 0.1) is 0 Å². The van der Waals surface area contributed by atoms with Crippen LogP contribution in [0.25, 0.3) is 0 Å². The minimum Gasteiger partial charge on any atom is -0.380 e. The number of halogens is 1. The highest BCUT2D eigenvalue weighted by molar-refractivity contribution is 6.28. The van der Waals surface area contributed by atoms with Crippen LogP contribution < -0.4 is 10.6 Å². The Labute approximate surface area is 122 Å². The van der Waals surface area contributed by atoms with E-state index in [0.29, 0.717) is 25.0 Å². The molecule has 0 unspecified atom stereocenters. The molecule has 0 bridgehead atoms. The van der Waals surface area contributed by atoms with E-state index >= 15 is 0 Å². The molecular formula is C13H16ClN5O. The summed E-state index contributed by atoms with van der Waals surface area (Å²) in [7, 11) is 1.65. The average molecular weight is 294 g/mol. The topological polar surface area (TPSA) is 72.0 Å². The molecule has 0 amide bonds. The molecule has 0 spiro atoms. The summed E-state index contributed by atoms with van der Waals surface area (Å²) in [6.07, 6.45) is 0. The van der Waals surface area contributed by atoms with Gasteiger partial charge in [0.2, 0.25) is 17.2 Å². The van der Waals surface area contributed by atoms with E-state index in [-0.39, 0.29) is 5.28 Å². The lowest BCUT2D eigenvalue weighted by Gasteiger charge is -2.11. The number of rotatable bonds is 6. The van der Waals surface area contributed by atoms with Crippen molar-refractivity contribution in [1.29, 1.82) is 0 Å². The molecule has 0 aliphatic carbocycles. The van der Waals surface area contributed by atoms with Crippen LogP contribution in [-0.4, -0.2) is 28.6 Å². The van der Waals surface area contributed by atoms with Gasteiger partial charge in [0.05, 0.1) is 6.61 Å². The predicted octanol–water partition coefficient (Wildman–Crippen LogP) is 2.85. The van der Waals surface area contributed by atoms with Crippen LogP contribution in [-0.2, 0) is 11.3 Å². The van der Waals surface area contributed by atoms with Gasteiger partial charge in [-0.25, -0.2) is 0 Å². The van der Waals surface area contributed by atoms with Crippen molar-refractivity contribution in [3.8, 4) is 0 Å². The number of hydrogen-bond acceptors (Lipinski definition) is 6. The van der Waals surface area contributed by atoms with Gasteiger partial charge in [-0.15, -0.1) is 0 Å². The third-order valence-corrected chi connectivity index (χ3v) is 2.68. The molecule has 7 heteroatoms. The summed E-state index contributed by atoms with van der Waals surface area (Å²) in [6, 6.07) is 7.78. The van der Waals surface area contributed by atoms with Crippen molar-refractivity contribution in [3.63, 3.8) is 0 Å². The average Bonchev–Trinajstić information content (AvgIpc) is 2.41. The van der Waals surface area contributed by atoms with Crippen LogP contribution in [0.1, 0.15) is 12.5 Å². The van der Waals surface area contributed by atoms with Gasteiger partial charge in [0.25, 0.3) is 0 Å². The van der Waals surface area contributed by atoms with Crippen molar-refractivity contribution in [3.05, 3.63) is 35.1 Å². The fourth-order valence-corrected chi connectivity index (χ4v) is 1.85. The first-order valence-electron chi connectivity index (χ1n) is 6.22. The molecule has 20 heavy (non-hydrogen) atoms. The zero-order valence-electron chi connectivity index (χ0n) is 11.4. The summed E-state index contributed by atoms with van der Waals surface area (Å²) in [5.74, 6) is 0.837. The second kappa shape index (κ2) is 7.02. The minimum absolute atomic E-state index is 0.141. The standard InChI is InChI=1S/C13H16ClN5O/c1-3-15-12-17-11(14)18-13(19-12)16-10-7-5-4-6-9(10)8-20-2/h4-7H,3,8H2,1-2H3,(H2,15,16,17,18,19). The van der Waals surface area contributed by atoms with E-state index in [1.54, 1.807) is 7.11 Å². The zero-order valence-corrected chi connectivity index (χ0v) is 12.1. The van der Waals surface area contributed by atoms with Gasteiger partial charge in [-0.2, -0.15) is 15.0 Å². The molecule has 0 aliphatic heterocycles. The Morgan fingerprint density at radius 3 is 2.65 bits per heavy atom. The van der Waals surface area contributed by atoms with Crippen LogP contribution in [0.4, 0.5) is 17.6 Å². The summed E-state index contributed by atoms with van der Waals surface area (Å²) in [5, 5.41) is 6.27. The molecule has 0 radical (unpaired) electrons. The van der Waals surface area contributed by atoms with Crippen LogP contribution in [0.5, 0.6) is 0 Å². The van der Waals surface area contributed by atoms with Gasteiger partial charge < -0.3 is 15.4 Å². The maximum Gasteiger partial charge on any atom is 0.233 e. The van der Waals surface area contributed by atoms with Crippen molar-refractivity contribution < 1.29 is 4.74 Å². The monoisotopic (exact) mass is 293 g/mol. The lowest BCUT2D eigenvalue weighted by atomic mass is 10.2. The number of aromatic nitrogens is 3. The Morgan fingerprint density at radius 1 is 1.15 bits per heavy atom. The third-order valence-electron chi connectivity index (χ3n) is 2.51. The molecule has 0 saturated carbocycles. The highest BCUT2D eigenvalue weighted by atomic mass is 35.5. The van der Waals surface area contributed by atoms with Gasteiger partial charge in [-0.05, 0) is 24.6 Å². The summed E-state index contributed by atoms with van der Waals surface area (Å²) in [5.41, 5.74) is 1.88. The van der Waals surface area contributed by atoms with Gasteiger partial charge in [-0.1, -0.05) is 18.2 Å². The molecule has 0 fully saturated rings. The highest BCUT2D eigenvalue weighted by Crippen LogP contribution is 2.20. The van der Waals surface area contributed by atoms with Gasteiger partial charge in [-0.3, -0.25) is 0 Å². The first-order valence-corrected chi connectivity index (χ1v) is 6.60. The Balaban J connectivity index is 2.25. The number of hydrogen-bond donors (Lipinski definition) is 2. The Hall–Kier alpha value is -1.92. The molecule has 2 N–H and O–H groups in total. The Bertz CT molecular complexity index is 578. The number of ether oxygens (including phenoxy) is 1. The fourth-order valence-electron chi connectivity index (χ4n) is 1.69. The summed E-state index contributed by atoms with van der Waals surface area (Å²) in [4.78, 5) is 12.3. The van der Waals surface area contributed by atoms with Gasteiger partial charge in [0.1, 0.15) is 0 Å². The van der Waals surface area contributed by atoms with Gasteiger partial charge in [0, 0.05) is 24.9 Å². The predicted molar refractivity (Wildman–Crippen MR) is 79.4 cm³/mol. The van der Waals surface area contributed by atoms with E-state index in [2.05, 4.69) is 25.6 Å². The molecule has 0 atom stereocenters. The van der Waals surface area contributed by atoms with E-state index < -0.39 is 0 Å². The lowest BCUT2D eigenvalue weighted by Crippen LogP contribution is -2.07. The van der Waals surface area contributed by atoms with Crippen molar-refractivity contribution >= 4 is 29.2 Å². The highest BCUT2D eigenvalue weighted by Gasteiger charge is 2.07. The number of benzene rings is 1. The summed E-state index contributed by atoms with van der Waals surface area (Å²) < 4.78 is 5.16. The third kappa shape index (κ3) is 3.79. The Kier molecular flexibility index (Phi) is 5.09. The molecule has 2 aromatic rings. The molecule has 6 nitrogen and oxygen atoms in total. The summed E-state index contributed by atoms with van der Waals surface area (Å²) in [6.45, 7) is 3.17. The number of para-hydroxylation sites is 1. The van der Waals surface area contributed by atoms with Crippen molar-refractivity contribution in [2.24, 2.45) is 0 Å². The normalized spacial score (nSPS) is 10.3. The lowest BCUT2D eigenvalue weighted by molar-refractivity contribution is 0.185. The van der Waals surface area contributed by atoms with E-state index in [9.17, 15) is 0 Å². The minimum atomic E-state index is 0.141. The number of nitrogens with one attached hydrogen (secondary N) is 2. The molecule has 0 saturated heterocycles. The quantitative estimate of drug-likeness (QED) is 0.853. The zero-order chi connectivity index (χ0) is 14.4. The van der Waals surface area contributed by atoms with Gasteiger partial charge >= 0.3 is 0 Å². The first-order chi connectivity index (χ1) is 9.72. The fraction of sp³-hybridized carbons (Fsp3) is 0.308. The largest absolute Gasteiger partial charge is 0.380 e. The molecule has 1 aromatic heterocycles.